The third kappa shape index (κ3) is 10.5. The minimum atomic E-state index is 0.591. The van der Waals surface area contributed by atoms with Gasteiger partial charge in [-0.25, -0.2) is 0 Å². The van der Waals surface area contributed by atoms with Gasteiger partial charge in [-0.15, -0.1) is 0 Å². The lowest BCUT2D eigenvalue weighted by atomic mass is 10.1. The average molecular weight is 291 g/mol. The van der Waals surface area contributed by atoms with E-state index in [2.05, 4.69) is 5.32 Å². The SMILES string of the molecule is COCCOCCOCCOCCNC1CCOCC1. The van der Waals surface area contributed by atoms with E-state index >= 15 is 0 Å². The summed E-state index contributed by atoms with van der Waals surface area (Å²) in [6.07, 6.45) is 2.21. The first kappa shape index (κ1) is 17.8. The Labute approximate surface area is 122 Å². The Morgan fingerprint density at radius 2 is 1.40 bits per heavy atom. The fraction of sp³-hybridized carbons (Fsp3) is 1.00. The van der Waals surface area contributed by atoms with E-state index in [0.717, 1.165) is 39.2 Å². The van der Waals surface area contributed by atoms with Gasteiger partial charge >= 0.3 is 0 Å². The van der Waals surface area contributed by atoms with Crippen LogP contribution in [0.4, 0.5) is 0 Å². The molecule has 0 aliphatic carbocycles. The molecule has 0 aromatic carbocycles. The molecule has 20 heavy (non-hydrogen) atoms. The normalized spacial score (nSPS) is 16.6. The monoisotopic (exact) mass is 291 g/mol. The van der Waals surface area contributed by atoms with Crippen molar-refractivity contribution in [3.63, 3.8) is 0 Å². The summed E-state index contributed by atoms with van der Waals surface area (Å²) in [4.78, 5) is 0. The highest BCUT2D eigenvalue weighted by molar-refractivity contribution is 4.69. The Balaban J connectivity index is 1.70. The van der Waals surface area contributed by atoms with Crippen molar-refractivity contribution >= 4 is 0 Å². The van der Waals surface area contributed by atoms with Crippen LogP contribution in [0.3, 0.4) is 0 Å². The van der Waals surface area contributed by atoms with Gasteiger partial charge in [0.1, 0.15) is 0 Å². The van der Waals surface area contributed by atoms with Crippen LogP contribution in [0.1, 0.15) is 12.8 Å². The molecule has 0 spiro atoms. The lowest BCUT2D eigenvalue weighted by Crippen LogP contribution is -2.36. The van der Waals surface area contributed by atoms with Gasteiger partial charge in [-0.1, -0.05) is 0 Å². The van der Waals surface area contributed by atoms with Gasteiger partial charge in [-0.2, -0.15) is 0 Å². The molecule has 1 N–H and O–H groups in total. The molecular weight excluding hydrogens is 262 g/mol. The standard InChI is InChI=1S/C14H29NO5/c1-16-8-9-19-12-13-20-11-10-18-7-4-15-14-2-5-17-6-3-14/h14-15H,2-13H2,1H3. The number of methoxy groups -OCH3 is 1. The summed E-state index contributed by atoms with van der Waals surface area (Å²) in [5.74, 6) is 0. The van der Waals surface area contributed by atoms with E-state index in [1.807, 2.05) is 0 Å². The van der Waals surface area contributed by atoms with Gasteiger partial charge < -0.3 is 29.0 Å². The molecule has 1 rings (SSSR count). The molecule has 0 bridgehead atoms. The highest BCUT2D eigenvalue weighted by atomic mass is 16.6. The molecular formula is C14H29NO5. The van der Waals surface area contributed by atoms with Crippen LogP contribution in [0, 0.1) is 0 Å². The highest BCUT2D eigenvalue weighted by Crippen LogP contribution is 2.05. The topological polar surface area (TPSA) is 58.2 Å². The van der Waals surface area contributed by atoms with Crippen molar-refractivity contribution in [3.8, 4) is 0 Å². The summed E-state index contributed by atoms with van der Waals surface area (Å²) in [5.41, 5.74) is 0. The predicted molar refractivity (Wildman–Crippen MR) is 76.2 cm³/mol. The lowest BCUT2D eigenvalue weighted by molar-refractivity contribution is 0.00343. The van der Waals surface area contributed by atoms with Crippen molar-refractivity contribution in [2.45, 2.75) is 18.9 Å². The van der Waals surface area contributed by atoms with Crippen molar-refractivity contribution in [2.24, 2.45) is 0 Å². The first-order chi connectivity index (χ1) is 9.93. The number of nitrogens with one attached hydrogen (secondary N) is 1. The molecule has 1 saturated heterocycles. The smallest absolute Gasteiger partial charge is 0.0701 e. The van der Waals surface area contributed by atoms with Crippen LogP contribution >= 0.6 is 0 Å². The van der Waals surface area contributed by atoms with Crippen molar-refractivity contribution in [3.05, 3.63) is 0 Å². The third-order valence-corrected chi connectivity index (χ3v) is 3.08. The maximum Gasteiger partial charge on any atom is 0.0701 e. The quantitative estimate of drug-likeness (QED) is 0.497. The van der Waals surface area contributed by atoms with Gasteiger partial charge in [0.15, 0.2) is 0 Å². The fourth-order valence-electron chi connectivity index (χ4n) is 1.92. The van der Waals surface area contributed by atoms with Crippen LogP contribution in [-0.4, -0.2) is 79.2 Å². The van der Waals surface area contributed by atoms with E-state index in [1.54, 1.807) is 7.11 Å². The predicted octanol–water partition coefficient (Wildman–Crippen LogP) is 0.451. The Morgan fingerprint density at radius 3 is 2.00 bits per heavy atom. The maximum atomic E-state index is 5.49. The molecule has 6 heteroatoms. The Morgan fingerprint density at radius 1 is 0.850 bits per heavy atom. The molecule has 0 amide bonds. The van der Waals surface area contributed by atoms with Gasteiger partial charge in [-0.05, 0) is 12.8 Å². The summed E-state index contributed by atoms with van der Waals surface area (Å²) >= 11 is 0. The van der Waals surface area contributed by atoms with Crippen molar-refractivity contribution in [1.82, 2.24) is 5.32 Å². The molecule has 120 valence electrons. The molecule has 1 aliphatic rings. The Hall–Kier alpha value is -0.240. The number of hydrogen-bond donors (Lipinski definition) is 1. The van der Waals surface area contributed by atoms with Crippen LogP contribution in [0.25, 0.3) is 0 Å². The molecule has 1 heterocycles. The van der Waals surface area contributed by atoms with Crippen LogP contribution < -0.4 is 5.32 Å². The third-order valence-electron chi connectivity index (χ3n) is 3.08. The van der Waals surface area contributed by atoms with Crippen molar-refractivity contribution in [1.29, 1.82) is 0 Å². The zero-order chi connectivity index (χ0) is 14.3. The number of ether oxygens (including phenoxy) is 5. The zero-order valence-corrected chi connectivity index (χ0v) is 12.6. The first-order valence-electron chi connectivity index (χ1n) is 7.47. The van der Waals surface area contributed by atoms with E-state index in [0.29, 0.717) is 45.7 Å². The van der Waals surface area contributed by atoms with Crippen LogP contribution in [0.5, 0.6) is 0 Å². The molecule has 1 fully saturated rings. The molecule has 6 nitrogen and oxygen atoms in total. The Bertz CT molecular complexity index is 200. The van der Waals surface area contributed by atoms with Gasteiger partial charge in [0, 0.05) is 32.9 Å². The summed E-state index contributed by atoms with van der Waals surface area (Å²) in [6, 6.07) is 0.591. The van der Waals surface area contributed by atoms with Crippen molar-refractivity contribution in [2.75, 3.05) is 73.1 Å². The van der Waals surface area contributed by atoms with Gasteiger partial charge in [0.2, 0.25) is 0 Å². The second kappa shape index (κ2) is 13.7. The molecule has 0 atom stereocenters. The molecule has 0 radical (unpaired) electrons. The van der Waals surface area contributed by atoms with E-state index < -0.39 is 0 Å². The lowest BCUT2D eigenvalue weighted by Gasteiger charge is -2.23. The van der Waals surface area contributed by atoms with Crippen LogP contribution in [-0.2, 0) is 23.7 Å². The molecule has 0 aromatic heterocycles. The second-order valence-corrected chi connectivity index (χ2v) is 4.67. The van der Waals surface area contributed by atoms with Crippen LogP contribution in [0.15, 0.2) is 0 Å². The maximum absolute atomic E-state index is 5.49. The van der Waals surface area contributed by atoms with E-state index in [-0.39, 0.29) is 0 Å². The second-order valence-electron chi connectivity index (χ2n) is 4.67. The van der Waals surface area contributed by atoms with Crippen LogP contribution in [0.2, 0.25) is 0 Å². The molecule has 0 saturated carbocycles. The first-order valence-corrected chi connectivity index (χ1v) is 7.47. The highest BCUT2D eigenvalue weighted by Gasteiger charge is 2.11. The molecule has 0 aromatic rings. The summed E-state index contributed by atoms with van der Waals surface area (Å²) < 4.78 is 26.3. The van der Waals surface area contributed by atoms with E-state index in [1.165, 1.54) is 0 Å². The van der Waals surface area contributed by atoms with Gasteiger partial charge in [0.25, 0.3) is 0 Å². The Kier molecular flexibility index (Phi) is 12.2. The molecule has 1 aliphatic heterocycles. The minimum absolute atomic E-state index is 0.591. The van der Waals surface area contributed by atoms with Crippen molar-refractivity contribution < 1.29 is 23.7 Å². The number of rotatable bonds is 13. The summed E-state index contributed by atoms with van der Waals surface area (Å²) in [5, 5.41) is 3.47. The van der Waals surface area contributed by atoms with E-state index in [9.17, 15) is 0 Å². The fourth-order valence-corrected chi connectivity index (χ4v) is 1.92. The summed E-state index contributed by atoms with van der Waals surface area (Å²) in [7, 11) is 1.66. The summed E-state index contributed by atoms with van der Waals surface area (Å²) in [6.45, 7) is 7.07. The van der Waals surface area contributed by atoms with Gasteiger partial charge in [-0.3, -0.25) is 0 Å². The average Bonchev–Trinajstić information content (AvgIpc) is 2.49. The van der Waals surface area contributed by atoms with Gasteiger partial charge in [0.05, 0.1) is 46.2 Å². The number of hydrogen-bond acceptors (Lipinski definition) is 6. The minimum Gasteiger partial charge on any atom is -0.382 e. The largest absolute Gasteiger partial charge is 0.382 e. The zero-order valence-electron chi connectivity index (χ0n) is 12.6. The molecule has 0 unspecified atom stereocenters. The van der Waals surface area contributed by atoms with E-state index in [4.69, 9.17) is 23.7 Å².